The first-order valence-electron chi connectivity index (χ1n) is 10.6. The van der Waals surface area contributed by atoms with E-state index < -0.39 is 5.97 Å². The smallest absolute Gasteiger partial charge is 0.351 e. The lowest BCUT2D eigenvalue weighted by Gasteiger charge is -2.34. The molecule has 0 unspecified atom stereocenters. The third kappa shape index (κ3) is 4.68. The zero-order valence-electron chi connectivity index (χ0n) is 16.9. The maximum absolute atomic E-state index is 12.9. The van der Waals surface area contributed by atoms with E-state index in [9.17, 15) is 10.1 Å². The number of ether oxygens (including phenoxy) is 1. The van der Waals surface area contributed by atoms with Crippen LogP contribution in [-0.2, 0) is 9.53 Å². The van der Waals surface area contributed by atoms with Gasteiger partial charge in [-0.3, -0.25) is 0 Å². The summed E-state index contributed by atoms with van der Waals surface area (Å²) in [5, 5.41) is 16.5. The number of piperazine rings is 1. The molecule has 2 N–H and O–H groups in total. The van der Waals surface area contributed by atoms with Crippen LogP contribution in [-0.4, -0.2) is 49.5 Å². The Morgan fingerprint density at radius 1 is 1.27 bits per heavy atom. The summed E-state index contributed by atoms with van der Waals surface area (Å²) >= 11 is 3.47. The van der Waals surface area contributed by atoms with Crippen molar-refractivity contribution in [1.82, 2.24) is 10.2 Å². The first kappa shape index (κ1) is 20.9. The molecular formula is C22H26BrN5O2. The number of nitrogens with zero attached hydrogens (tertiary/aromatic N) is 3. The highest BCUT2D eigenvalue weighted by molar-refractivity contribution is 9.10. The topological polar surface area (TPSA) is 89.8 Å². The average molecular weight is 472 g/mol. The van der Waals surface area contributed by atoms with Crippen LogP contribution in [0.5, 0.6) is 0 Å². The van der Waals surface area contributed by atoms with Gasteiger partial charge < -0.3 is 20.3 Å². The Balaban J connectivity index is 1.63. The maximum atomic E-state index is 12.9. The first-order valence-corrected chi connectivity index (χ1v) is 11.4. The number of hydrogen-bond donors (Lipinski definition) is 2. The number of fused-ring (bicyclic) bond motifs is 1. The van der Waals surface area contributed by atoms with Crippen molar-refractivity contribution in [2.24, 2.45) is 10.9 Å². The Labute approximate surface area is 185 Å². The van der Waals surface area contributed by atoms with Gasteiger partial charge in [-0.2, -0.15) is 5.26 Å². The van der Waals surface area contributed by atoms with Crippen molar-refractivity contribution in [3.63, 3.8) is 0 Å². The van der Waals surface area contributed by atoms with Gasteiger partial charge in [0.05, 0.1) is 18.0 Å². The van der Waals surface area contributed by atoms with Crippen molar-refractivity contribution < 1.29 is 9.53 Å². The average Bonchev–Trinajstić information content (AvgIpc) is 2.79. The second kappa shape index (κ2) is 9.63. The Kier molecular flexibility index (Phi) is 6.70. The molecule has 2 fully saturated rings. The maximum Gasteiger partial charge on any atom is 0.351 e. The van der Waals surface area contributed by atoms with Gasteiger partial charge in [0.15, 0.2) is 11.4 Å². The van der Waals surface area contributed by atoms with E-state index in [2.05, 4.69) is 37.5 Å². The van der Waals surface area contributed by atoms with E-state index in [1.807, 2.05) is 18.2 Å². The van der Waals surface area contributed by atoms with E-state index in [1.165, 1.54) is 19.3 Å². The molecule has 3 aliphatic rings. The number of nitriles is 1. The number of nitrogens with one attached hydrogen (secondary N) is 2. The van der Waals surface area contributed by atoms with Crippen molar-refractivity contribution in [3.8, 4) is 6.07 Å². The molecule has 2 heterocycles. The number of hydrogen-bond acceptors (Lipinski definition) is 7. The summed E-state index contributed by atoms with van der Waals surface area (Å²) in [6.45, 7) is 3.54. The van der Waals surface area contributed by atoms with Crippen molar-refractivity contribution in [3.05, 3.63) is 33.9 Å². The second-order valence-electron chi connectivity index (χ2n) is 7.92. The van der Waals surface area contributed by atoms with Gasteiger partial charge in [0.2, 0.25) is 0 Å². The number of carbonyl (C=O) groups excluding carboxylic acids is 1. The first-order chi connectivity index (χ1) is 14.7. The van der Waals surface area contributed by atoms with Crippen molar-refractivity contribution in [2.45, 2.75) is 32.1 Å². The minimum Gasteiger partial charge on any atom is -0.461 e. The van der Waals surface area contributed by atoms with E-state index >= 15 is 0 Å². The van der Waals surface area contributed by atoms with E-state index in [0.29, 0.717) is 24.1 Å². The molecule has 1 aliphatic carbocycles. The lowest BCUT2D eigenvalue weighted by atomic mass is 9.90. The third-order valence-electron chi connectivity index (χ3n) is 5.83. The van der Waals surface area contributed by atoms with Gasteiger partial charge in [0.1, 0.15) is 11.8 Å². The number of amidine groups is 1. The van der Waals surface area contributed by atoms with Crippen molar-refractivity contribution in [2.75, 3.05) is 38.1 Å². The summed E-state index contributed by atoms with van der Waals surface area (Å²) in [7, 11) is 0. The highest BCUT2D eigenvalue weighted by Gasteiger charge is 2.30. The van der Waals surface area contributed by atoms with E-state index in [4.69, 9.17) is 9.73 Å². The predicted octanol–water partition coefficient (Wildman–Crippen LogP) is 3.71. The van der Waals surface area contributed by atoms with Gasteiger partial charge in [-0.05, 0) is 37.0 Å². The van der Waals surface area contributed by atoms with Gasteiger partial charge >= 0.3 is 5.97 Å². The van der Waals surface area contributed by atoms with E-state index in [-0.39, 0.29) is 5.57 Å². The molecule has 8 heteroatoms. The van der Waals surface area contributed by atoms with Gasteiger partial charge in [-0.1, -0.05) is 35.2 Å². The standard InChI is InChI=1S/C22H26BrN5O2/c23-16-6-7-18-19(12-16)26-20(21(27-18)28-10-8-25-9-11-28)17(13-24)22(29)30-14-15-4-2-1-3-5-15/h6-7,12,15,25-26H,1-5,8-11,14H2. The van der Waals surface area contributed by atoms with Crippen LogP contribution >= 0.6 is 15.9 Å². The van der Waals surface area contributed by atoms with Gasteiger partial charge in [0, 0.05) is 30.7 Å². The normalized spacial score (nSPS) is 21.1. The van der Waals surface area contributed by atoms with Crippen LogP contribution in [0, 0.1) is 17.2 Å². The Hall–Kier alpha value is -2.37. The summed E-state index contributed by atoms with van der Waals surface area (Å²) in [6, 6.07) is 7.82. The minimum absolute atomic E-state index is 0.0197. The molecule has 1 aromatic carbocycles. The van der Waals surface area contributed by atoms with Crippen LogP contribution in [0.15, 0.2) is 38.9 Å². The largest absolute Gasteiger partial charge is 0.461 e. The molecule has 1 saturated carbocycles. The molecule has 2 aliphatic heterocycles. The summed E-state index contributed by atoms with van der Waals surface area (Å²) in [5.41, 5.74) is 1.95. The molecule has 7 nitrogen and oxygen atoms in total. The quantitative estimate of drug-likeness (QED) is 0.396. The number of aliphatic imine (C=N–C) groups is 1. The third-order valence-corrected chi connectivity index (χ3v) is 6.32. The molecule has 0 atom stereocenters. The molecule has 30 heavy (non-hydrogen) atoms. The summed E-state index contributed by atoms with van der Waals surface area (Å²) < 4.78 is 6.48. The van der Waals surface area contributed by atoms with Crippen molar-refractivity contribution in [1.29, 1.82) is 5.26 Å². The molecule has 1 saturated heterocycles. The van der Waals surface area contributed by atoms with Crippen LogP contribution in [0.3, 0.4) is 0 Å². The number of halogens is 1. The van der Waals surface area contributed by atoms with Crippen LogP contribution in [0.2, 0.25) is 0 Å². The molecule has 1 aromatic rings. The Bertz CT molecular complexity index is 909. The molecule has 0 radical (unpaired) electrons. The van der Waals surface area contributed by atoms with Gasteiger partial charge in [-0.15, -0.1) is 0 Å². The zero-order valence-corrected chi connectivity index (χ0v) is 18.5. The SMILES string of the molecule is N#CC(C(=O)OCC1CCCCC1)=C1Nc2cc(Br)ccc2N=C1N1CCNCC1. The number of rotatable bonds is 3. The molecule has 0 bridgehead atoms. The van der Waals surface area contributed by atoms with Gasteiger partial charge in [0.25, 0.3) is 0 Å². The molecule has 0 amide bonds. The second-order valence-corrected chi connectivity index (χ2v) is 8.84. The van der Waals surface area contributed by atoms with Crippen LogP contribution in [0.4, 0.5) is 11.4 Å². The number of benzene rings is 1. The highest BCUT2D eigenvalue weighted by Crippen LogP contribution is 2.35. The summed E-state index contributed by atoms with van der Waals surface area (Å²) in [5.74, 6) is 0.439. The molecule has 4 rings (SSSR count). The summed E-state index contributed by atoms with van der Waals surface area (Å²) in [6.07, 6.45) is 5.78. The zero-order chi connectivity index (χ0) is 20.9. The molecular weight excluding hydrogens is 446 g/mol. The lowest BCUT2D eigenvalue weighted by molar-refractivity contribution is -0.140. The fraction of sp³-hybridized carbons (Fsp3) is 0.500. The fourth-order valence-electron chi connectivity index (χ4n) is 4.17. The predicted molar refractivity (Wildman–Crippen MR) is 119 cm³/mol. The number of anilines is 1. The number of carbonyl (C=O) groups is 1. The van der Waals surface area contributed by atoms with Gasteiger partial charge in [-0.25, -0.2) is 9.79 Å². The van der Waals surface area contributed by atoms with Crippen LogP contribution < -0.4 is 10.6 Å². The van der Waals surface area contributed by atoms with Crippen LogP contribution in [0.1, 0.15) is 32.1 Å². The van der Waals surface area contributed by atoms with Crippen LogP contribution in [0.25, 0.3) is 0 Å². The number of esters is 1. The highest BCUT2D eigenvalue weighted by atomic mass is 79.9. The summed E-state index contributed by atoms with van der Waals surface area (Å²) in [4.78, 5) is 19.8. The van der Waals surface area contributed by atoms with E-state index in [1.54, 1.807) is 0 Å². The Morgan fingerprint density at radius 2 is 2.03 bits per heavy atom. The lowest BCUT2D eigenvalue weighted by Crippen LogP contribution is -2.48. The van der Waals surface area contributed by atoms with Crippen molar-refractivity contribution >= 4 is 39.1 Å². The van der Waals surface area contributed by atoms with E-state index in [0.717, 1.165) is 54.9 Å². The fourth-order valence-corrected chi connectivity index (χ4v) is 4.53. The molecule has 0 aromatic heterocycles. The minimum atomic E-state index is -0.577. The Morgan fingerprint density at radius 3 is 2.77 bits per heavy atom. The monoisotopic (exact) mass is 471 g/mol. The molecule has 0 spiro atoms. The molecule has 158 valence electrons.